The predicted molar refractivity (Wildman–Crippen MR) is 119 cm³/mol. The first-order valence-corrected chi connectivity index (χ1v) is 10.2. The van der Waals surface area contributed by atoms with Gasteiger partial charge in [-0.3, -0.25) is 19.4 Å². The van der Waals surface area contributed by atoms with Crippen molar-refractivity contribution in [1.29, 1.82) is 0 Å². The van der Waals surface area contributed by atoms with Crippen molar-refractivity contribution in [3.63, 3.8) is 0 Å². The molecule has 1 aromatic heterocycles. The number of para-hydroxylation sites is 1. The molecule has 3 rings (SSSR count). The Hall–Kier alpha value is -2.93. The number of thiocarbonyl (C=S) groups is 1. The number of nitrogens with zero attached hydrogens (tertiary/aromatic N) is 3. The maximum atomic E-state index is 13.2. The quantitative estimate of drug-likeness (QED) is 0.390. The highest BCUT2D eigenvalue weighted by molar-refractivity contribution is 7.80. The molecular weight excluding hydrogens is 386 g/mol. The van der Waals surface area contributed by atoms with Gasteiger partial charge in [0.25, 0.3) is 11.8 Å². The van der Waals surface area contributed by atoms with E-state index in [4.69, 9.17) is 16.6 Å². The summed E-state index contributed by atoms with van der Waals surface area (Å²) in [5.74, 6) is 0.327. The van der Waals surface area contributed by atoms with Crippen molar-refractivity contribution in [1.82, 2.24) is 4.90 Å². The minimum atomic E-state index is -0.445. The predicted octanol–water partition coefficient (Wildman–Crippen LogP) is 4.08. The van der Waals surface area contributed by atoms with Crippen LogP contribution in [0.1, 0.15) is 33.0 Å². The van der Waals surface area contributed by atoms with Crippen molar-refractivity contribution >= 4 is 46.8 Å². The molecule has 1 aliphatic rings. The Kier molecular flexibility index (Phi) is 6.49. The van der Waals surface area contributed by atoms with E-state index in [1.54, 1.807) is 18.2 Å². The number of hydrogen-bond acceptors (Lipinski definition) is 5. The van der Waals surface area contributed by atoms with Crippen LogP contribution in [0.4, 0.5) is 11.6 Å². The lowest BCUT2D eigenvalue weighted by Crippen LogP contribution is -2.56. The lowest BCUT2D eigenvalue weighted by Gasteiger charge is -2.36. The van der Waals surface area contributed by atoms with E-state index < -0.39 is 11.8 Å². The second-order valence-electron chi connectivity index (χ2n) is 6.62. The zero-order valence-electron chi connectivity index (χ0n) is 16.9. The molecule has 1 saturated heterocycles. The Morgan fingerprint density at radius 3 is 2.31 bits per heavy atom. The van der Waals surface area contributed by atoms with Crippen LogP contribution in [0.5, 0.6) is 0 Å². The van der Waals surface area contributed by atoms with Crippen LogP contribution < -0.4 is 9.80 Å². The van der Waals surface area contributed by atoms with Crippen LogP contribution in [0, 0.1) is 0 Å². The number of carbonyl (C=O) groups excluding carboxylic acids is 2. The fraction of sp³-hybridized carbons (Fsp3) is 0.318. The molecule has 2 heterocycles. The van der Waals surface area contributed by atoms with Crippen molar-refractivity contribution in [2.24, 2.45) is 0 Å². The largest absolute Gasteiger partial charge is 0.441 e. The van der Waals surface area contributed by atoms with Gasteiger partial charge >= 0.3 is 0 Å². The van der Waals surface area contributed by atoms with Gasteiger partial charge in [0.05, 0.1) is 5.69 Å². The van der Waals surface area contributed by atoms with E-state index in [0.29, 0.717) is 23.9 Å². The molecule has 0 saturated carbocycles. The van der Waals surface area contributed by atoms with E-state index in [1.807, 2.05) is 45.0 Å². The number of amides is 2. The van der Waals surface area contributed by atoms with Gasteiger partial charge in [0.15, 0.2) is 11.0 Å². The number of anilines is 2. The molecule has 2 amide bonds. The number of rotatable bonds is 7. The van der Waals surface area contributed by atoms with Crippen molar-refractivity contribution in [2.45, 2.75) is 27.2 Å². The second-order valence-corrected chi connectivity index (χ2v) is 6.99. The Morgan fingerprint density at radius 1 is 1.00 bits per heavy atom. The molecule has 0 spiro atoms. The minimum Gasteiger partial charge on any atom is -0.441 e. The van der Waals surface area contributed by atoms with Gasteiger partial charge in [0.1, 0.15) is 11.3 Å². The van der Waals surface area contributed by atoms with E-state index in [9.17, 15) is 9.59 Å². The van der Waals surface area contributed by atoms with Crippen molar-refractivity contribution in [3.8, 4) is 0 Å². The van der Waals surface area contributed by atoms with Crippen molar-refractivity contribution in [3.05, 3.63) is 53.8 Å². The molecule has 1 aromatic carbocycles. The summed E-state index contributed by atoms with van der Waals surface area (Å²) >= 11 is 5.49. The highest BCUT2D eigenvalue weighted by Gasteiger charge is 2.40. The summed E-state index contributed by atoms with van der Waals surface area (Å²) in [6.45, 7) is 8.09. The van der Waals surface area contributed by atoms with Gasteiger partial charge < -0.3 is 9.32 Å². The molecule has 0 bridgehead atoms. The fourth-order valence-corrected chi connectivity index (χ4v) is 3.63. The zero-order valence-corrected chi connectivity index (χ0v) is 17.7. The van der Waals surface area contributed by atoms with Gasteiger partial charge in [-0.2, -0.15) is 0 Å². The highest BCUT2D eigenvalue weighted by Crippen LogP contribution is 2.27. The van der Waals surface area contributed by atoms with E-state index >= 15 is 0 Å². The van der Waals surface area contributed by atoms with E-state index in [0.717, 1.165) is 19.5 Å². The summed E-state index contributed by atoms with van der Waals surface area (Å²) in [7, 11) is 0. The van der Waals surface area contributed by atoms with Crippen molar-refractivity contribution < 1.29 is 14.0 Å². The highest BCUT2D eigenvalue weighted by atomic mass is 32.1. The van der Waals surface area contributed by atoms with Gasteiger partial charge in [-0.1, -0.05) is 25.1 Å². The molecule has 0 unspecified atom stereocenters. The Balaban J connectivity index is 2.02. The van der Waals surface area contributed by atoms with Gasteiger partial charge in [0, 0.05) is 25.7 Å². The van der Waals surface area contributed by atoms with Gasteiger partial charge in [0.2, 0.25) is 0 Å². The zero-order chi connectivity index (χ0) is 21.0. The summed E-state index contributed by atoms with van der Waals surface area (Å²) in [5, 5.41) is 0.202. The molecule has 29 heavy (non-hydrogen) atoms. The van der Waals surface area contributed by atoms with Crippen LogP contribution >= 0.6 is 12.2 Å². The normalized spacial score (nSPS) is 16.1. The summed E-state index contributed by atoms with van der Waals surface area (Å²) in [6, 6.07) is 12.7. The first-order chi connectivity index (χ1) is 14.0. The monoisotopic (exact) mass is 411 g/mol. The lowest BCUT2D eigenvalue weighted by atomic mass is 10.1. The topological polar surface area (TPSA) is 57.0 Å². The number of carbonyl (C=O) groups is 2. The Morgan fingerprint density at radius 2 is 1.69 bits per heavy atom. The van der Waals surface area contributed by atoms with E-state index in [2.05, 4.69) is 4.90 Å². The number of hydrogen-bond donors (Lipinski definition) is 0. The molecule has 1 aliphatic heterocycles. The third-order valence-corrected chi connectivity index (χ3v) is 5.17. The smallest absolute Gasteiger partial charge is 0.270 e. The summed E-state index contributed by atoms with van der Waals surface area (Å²) in [4.78, 5) is 31.2. The van der Waals surface area contributed by atoms with Gasteiger partial charge in [-0.05, 0) is 56.8 Å². The molecule has 6 nitrogen and oxygen atoms in total. The molecule has 7 heteroatoms. The second kappa shape index (κ2) is 9.05. The molecule has 1 fully saturated rings. The average Bonchev–Trinajstić information content (AvgIpc) is 3.19. The lowest BCUT2D eigenvalue weighted by molar-refractivity contribution is -0.127. The standard InChI is InChI=1S/C22H25N3O3S/c1-4-14-24-20(26)18(15-17-12-13-19(28-17)23(5-2)6-3)21(27)25(22(24)29)16-10-8-7-9-11-16/h7-13,15H,4-6,14H2,1-3H3/b18-15+. The third-order valence-electron chi connectivity index (χ3n) is 4.77. The average molecular weight is 412 g/mol. The molecule has 152 valence electrons. The summed E-state index contributed by atoms with van der Waals surface area (Å²) in [6.07, 6.45) is 2.24. The SMILES string of the molecule is CCCN1C(=O)/C(=C\c2ccc(N(CC)CC)o2)C(=O)N(c2ccccc2)C1=S. The molecule has 0 radical (unpaired) electrons. The number of benzene rings is 1. The van der Waals surface area contributed by atoms with Crippen LogP contribution in [0.2, 0.25) is 0 Å². The third kappa shape index (κ3) is 4.10. The molecule has 0 N–H and O–H groups in total. The Bertz CT molecular complexity index is 932. The van der Waals surface area contributed by atoms with Crippen LogP contribution in [-0.2, 0) is 9.59 Å². The molecule has 0 atom stereocenters. The molecular formula is C22H25N3O3S. The maximum absolute atomic E-state index is 13.2. The number of furan rings is 1. The maximum Gasteiger partial charge on any atom is 0.270 e. The van der Waals surface area contributed by atoms with Crippen LogP contribution in [0.3, 0.4) is 0 Å². The first-order valence-electron chi connectivity index (χ1n) is 9.83. The summed E-state index contributed by atoms with van der Waals surface area (Å²) in [5.41, 5.74) is 0.668. The molecule has 2 aromatic rings. The van der Waals surface area contributed by atoms with Crippen molar-refractivity contribution in [2.75, 3.05) is 29.4 Å². The van der Waals surface area contributed by atoms with Gasteiger partial charge in [-0.15, -0.1) is 0 Å². The van der Waals surface area contributed by atoms with Crippen LogP contribution in [-0.4, -0.2) is 41.5 Å². The van der Waals surface area contributed by atoms with E-state index in [1.165, 1.54) is 15.9 Å². The molecule has 0 aliphatic carbocycles. The first kappa shape index (κ1) is 20.8. The van der Waals surface area contributed by atoms with E-state index in [-0.39, 0.29) is 10.7 Å². The van der Waals surface area contributed by atoms with Crippen LogP contribution in [0.25, 0.3) is 6.08 Å². The van der Waals surface area contributed by atoms with Gasteiger partial charge in [-0.25, -0.2) is 0 Å². The Labute approximate surface area is 176 Å². The minimum absolute atomic E-state index is 0.0383. The fourth-order valence-electron chi connectivity index (χ4n) is 3.27. The van der Waals surface area contributed by atoms with Crippen LogP contribution in [0.15, 0.2) is 52.5 Å². The summed E-state index contributed by atoms with van der Waals surface area (Å²) < 4.78 is 5.87.